The predicted molar refractivity (Wildman–Crippen MR) is 79.4 cm³/mol. The van der Waals surface area contributed by atoms with Crippen molar-refractivity contribution in [2.24, 2.45) is 16.6 Å². The van der Waals surface area contributed by atoms with E-state index in [0.29, 0.717) is 12.5 Å². The summed E-state index contributed by atoms with van der Waals surface area (Å²) in [7, 11) is 0. The van der Waals surface area contributed by atoms with Crippen LogP contribution in [0.4, 0.5) is 0 Å². The molecule has 4 heteroatoms. The van der Waals surface area contributed by atoms with E-state index in [9.17, 15) is 0 Å². The van der Waals surface area contributed by atoms with Crippen LogP contribution in [0.1, 0.15) is 25.3 Å². The number of nitrogens with zero attached hydrogens (tertiary/aromatic N) is 2. The van der Waals surface area contributed by atoms with Crippen molar-refractivity contribution in [2.75, 3.05) is 13.1 Å². The SMILES string of the molecule is CC1CCCN(C(N)=NCc2ccc(Br)cc2)C1. The van der Waals surface area contributed by atoms with Crippen molar-refractivity contribution in [3.05, 3.63) is 34.3 Å². The number of hydrogen-bond donors (Lipinski definition) is 1. The van der Waals surface area contributed by atoms with Crippen molar-refractivity contribution in [3.63, 3.8) is 0 Å². The van der Waals surface area contributed by atoms with E-state index in [2.05, 4.69) is 44.9 Å². The van der Waals surface area contributed by atoms with Crippen LogP contribution in [-0.4, -0.2) is 23.9 Å². The maximum absolute atomic E-state index is 6.06. The number of piperidine rings is 1. The smallest absolute Gasteiger partial charge is 0.191 e. The second kappa shape index (κ2) is 6.23. The van der Waals surface area contributed by atoms with Crippen LogP contribution in [0.5, 0.6) is 0 Å². The van der Waals surface area contributed by atoms with E-state index < -0.39 is 0 Å². The molecule has 1 atom stereocenters. The molecule has 0 bridgehead atoms. The fourth-order valence-electron chi connectivity index (χ4n) is 2.26. The lowest BCUT2D eigenvalue weighted by Gasteiger charge is -2.31. The first-order valence-electron chi connectivity index (χ1n) is 6.44. The highest BCUT2D eigenvalue weighted by molar-refractivity contribution is 9.10. The number of likely N-dealkylation sites (tertiary alicyclic amines) is 1. The van der Waals surface area contributed by atoms with E-state index in [0.717, 1.165) is 23.5 Å². The van der Waals surface area contributed by atoms with Gasteiger partial charge in [0.2, 0.25) is 0 Å². The average molecular weight is 310 g/mol. The third-order valence-electron chi connectivity index (χ3n) is 3.32. The van der Waals surface area contributed by atoms with Crippen molar-refractivity contribution in [2.45, 2.75) is 26.3 Å². The fourth-order valence-corrected chi connectivity index (χ4v) is 2.52. The molecule has 2 rings (SSSR count). The third kappa shape index (κ3) is 3.73. The molecule has 0 spiro atoms. The molecule has 98 valence electrons. The number of guanidine groups is 1. The summed E-state index contributed by atoms with van der Waals surface area (Å²) in [5.41, 5.74) is 7.24. The summed E-state index contributed by atoms with van der Waals surface area (Å²) in [6.07, 6.45) is 2.52. The van der Waals surface area contributed by atoms with E-state index in [1.807, 2.05) is 12.1 Å². The van der Waals surface area contributed by atoms with Crippen LogP contribution in [0.2, 0.25) is 0 Å². The molecule has 0 aromatic heterocycles. The lowest BCUT2D eigenvalue weighted by Crippen LogP contribution is -2.43. The molecular weight excluding hydrogens is 290 g/mol. The molecule has 1 fully saturated rings. The van der Waals surface area contributed by atoms with Crippen molar-refractivity contribution in [1.82, 2.24) is 4.90 Å². The normalized spacial score (nSPS) is 21.1. The quantitative estimate of drug-likeness (QED) is 0.674. The Balaban J connectivity index is 1.93. The first-order valence-corrected chi connectivity index (χ1v) is 7.24. The zero-order chi connectivity index (χ0) is 13.0. The Hall–Kier alpha value is -1.03. The van der Waals surface area contributed by atoms with Gasteiger partial charge in [-0.3, -0.25) is 0 Å². The molecule has 1 aromatic carbocycles. The van der Waals surface area contributed by atoms with E-state index in [4.69, 9.17) is 5.73 Å². The van der Waals surface area contributed by atoms with Gasteiger partial charge in [-0.15, -0.1) is 0 Å². The number of nitrogens with two attached hydrogens (primary N) is 1. The molecule has 0 aliphatic carbocycles. The minimum atomic E-state index is 0.657. The highest BCUT2D eigenvalue weighted by Crippen LogP contribution is 2.15. The molecule has 18 heavy (non-hydrogen) atoms. The summed E-state index contributed by atoms with van der Waals surface area (Å²) in [5, 5.41) is 0. The zero-order valence-corrected chi connectivity index (χ0v) is 12.4. The summed E-state index contributed by atoms with van der Waals surface area (Å²) in [6.45, 7) is 5.01. The van der Waals surface area contributed by atoms with Gasteiger partial charge in [-0.25, -0.2) is 4.99 Å². The Kier molecular flexibility index (Phi) is 4.64. The van der Waals surface area contributed by atoms with Crippen molar-refractivity contribution in [3.8, 4) is 0 Å². The van der Waals surface area contributed by atoms with Crippen LogP contribution in [0.3, 0.4) is 0 Å². The minimum absolute atomic E-state index is 0.657. The largest absolute Gasteiger partial charge is 0.370 e. The first-order chi connectivity index (χ1) is 8.65. The second-order valence-electron chi connectivity index (χ2n) is 4.99. The number of hydrogen-bond acceptors (Lipinski definition) is 1. The fraction of sp³-hybridized carbons (Fsp3) is 0.500. The average Bonchev–Trinajstić information content (AvgIpc) is 2.38. The summed E-state index contributed by atoms with van der Waals surface area (Å²) in [5.74, 6) is 1.41. The van der Waals surface area contributed by atoms with Gasteiger partial charge in [0.1, 0.15) is 0 Å². The molecular formula is C14H20BrN3. The number of halogens is 1. The number of benzene rings is 1. The Morgan fingerprint density at radius 2 is 2.17 bits per heavy atom. The van der Waals surface area contributed by atoms with Crippen LogP contribution in [-0.2, 0) is 6.54 Å². The van der Waals surface area contributed by atoms with Crippen molar-refractivity contribution < 1.29 is 0 Å². The van der Waals surface area contributed by atoms with Gasteiger partial charge in [-0.1, -0.05) is 35.0 Å². The number of rotatable bonds is 2. The summed E-state index contributed by atoms with van der Waals surface area (Å²) < 4.78 is 1.09. The van der Waals surface area contributed by atoms with Gasteiger partial charge >= 0.3 is 0 Å². The van der Waals surface area contributed by atoms with Crippen LogP contribution >= 0.6 is 15.9 Å². The molecule has 0 radical (unpaired) electrons. The first kappa shape index (κ1) is 13.4. The zero-order valence-electron chi connectivity index (χ0n) is 10.8. The topological polar surface area (TPSA) is 41.6 Å². The summed E-state index contributed by atoms with van der Waals surface area (Å²) in [6, 6.07) is 8.20. The lowest BCUT2D eigenvalue weighted by molar-refractivity contribution is 0.270. The molecule has 1 heterocycles. The van der Waals surface area contributed by atoms with Gasteiger partial charge in [0, 0.05) is 17.6 Å². The van der Waals surface area contributed by atoms with Gasteiger partial charge in [0.05, 0.1) is 6.54 Å². The van der Waals surface area contributed by atoms with Gasteiger partial charge in [0.25, 0.3) is 0 Å². The molecule has 0 amide bonds. The van der Waals surface area contributed by atoms with E-state index in [1.54, 1.807) is 0 Å². The van der Waals surface area contributed by atoms with Crippen LogP contribution < -0.4 is 5.73 Å². The molecule has 1 aromatic rings. The molecule has 3 nitrogen and oxygen atoms in total. The van der Waals surface area contributed by atoms with E-state index >= 15 is 0 Å². The standard InChI is InChI=1S/C14H20BrN3/c1-11-3-2-8-18(10-11)14(16)17-9-12-4-6-13(15)7-5-12/h4-7,11H,2-3,8-10H2,1H3,(H2,16,17). The molecule has 1 unspecified atom stereocenters. The molecule has 0 saturated carbocycles. The highest BCUT2D eigenvalue weighted by atomic mass is 79.9. The Morgan fingerprint density at radius 1 is 1.44 bits per heavy atom. The maximum atomic E-state index is 6.06. The highest BCUT2D eigenvalue weighted by Gasteiger charge is 2.17. The number of aliphatic imine (C=N–C) groups is 1. The minimum Gasteiger partial charge on any atom is -0.370 e. The van der Waals surface area contributed by atoms with E-state index in [1.165, 1.54) is 18.4 Å². The van der Waals surface area contributed by atoms with Crippen LogP contribution in [0.25, 0.3) is 0 Å². The molecule has 1 saturated heterocycles. The van der Waals surface area contributed by atoms with Crippen molar-refractivity contribution in [1.29, 1.82) is 0 Å². The van der Waals surface area contributed by atoms with Gasteiger partial charge in [0.15, 0.2) is 5.96 Å². The predicted octanol–water partition coefficient (Wildman–Crippen LogP) is 3.00. The van der Waals surface area contributed by atoms with E-state index in [-0.39, 0.29) is 0 Å². The van der Waals surface area contributed by atoms with Gasteiger partial charge in [-0.2, -0.15) is 0 Å². The molecule has 2 N–H and O–H groups in total. The Morgan fingerprint density at radius 3 is 2.83 bits per heavy atom. The third-order valence-corrected chi connectivity index (χ3v) is 3.85. The van der Waals surface area contributed by atoms with Crippen LogP contribution in [0, 0.1) is 5.92 Å². The molecule has 1 aliphatic heterocycles. The summed E-state index contributed by atoms with van der Waals surface area (Å²) in [4.78, 5) is 6.69. The van der Waals surface area contributed by atoms with Crippen LogP contribution in [0.15, 0.2) is 33.7 Å². The Bertz CT molecular complexity index is 414. The molecule has 1 aliphatic rings. The van der Waals surface area contributed by atoms with Gasteiger partial charge in [-0.05, 0) is 36.5 Å². The Labute approximate surface area is 117 Å². The van der Waals surface area contributed by atoms with Crippen molar-refractivity contribution >= 4 is 21.9 Å². The van der Waals surface area contributed by atoms with Gasteiger partial charge < -0.3 is 10.6 Å². The lowest BCUT2D eigenvalue weighted by atomic mass is 10.0. The summed E-state index contributed by atoms with van der Waals surface area (Å²) >= 11 is 3.43. The maximum Gasteiger partial charge on any atom is 0.191 e. The monoisotopic (exact) mass is 309 g/mol. The second-order valence-corrected chi connectivity index (χ2v) is 5.91.